The Hall–Kier alpha value is -1.71. The van der Waals surface area contributed by atoms with E-state index in [-0.39, 0.29) is 11.5 Å². The number of hydrogen-bond donors (Lipinski definition) is 1. The van der Waals surface area contributed by atoms with Gasteiger partial charge in [-0.15, -0.1) is 0 Å². The molecular formula is C10H11N3O. The maximum Gasteiger partial charge on any atom is 0.273 e. The van der Waals surface area contributed by atoms with E-state index in [9.17, 15) is 4.79 Å². The minimum absolute atomic E-state index is 0.183. The van der Waals surface area contributed by atoms with E-state index in [0.717, 1.165) is 5.69 Å². The standard InChI is InChI=1S/C10H11N3O/c1-6(2)8-9-7(4-3-5-11-9)10(14)13-12-8/h3-6H,1-2H3,(H,13,14). The molecule has 0 saturated carbocycles. The van der Waals surface area contributed by atoms with Gasteiger partial charge < -0.3 is 0 Å². The molecule has 0 atom stereocenters. The van der Waals surface area contributed by atoms with Crippen LogP contribution in [0.2, 0.25) is 0 Å². The van der Waals surface area contributed by atoms with E-state index in [1.54, 1.807) is 18.3 Å². The van der Waals surface area contributed by atoms with Gasteiger partial charge in [-0.25, -0.2) is 5.10 Å². The molecule has 1 N–H and O–H groups in total. The second-order valence-corrected chi connectivity index (χ2v) is 3.49. The van der Waals surface area contributed by atoms with E-state index < -0.39 is 0 Å². The molecule has 0 spiro atoms. The fourth-order valence-electron chi connectivity index (χ4n) is 1.42. The van der Waals surface area contributed by atoms with Crippen LogP contribution in [-0.4, -0.2) is 15.2 Å². The monoisotopic (exact) mass is 189 g/mol. The maximum absolute atomic E-state index is 11.4. The predicted molar refractivity (Wildman–Crippen MR) is 54.2 cm³/mol. The Bertz CT molecular complexity index is 516. The summed E-state index contributed by atoms with van der Waals surface area (Å²) >= 11 is 0. The Morgan fingerprint density at radius 3 is 2.93 bits per heavy atom. The molecule has 72 valence electrons. The van der Waals surface area contributed by atoms with Crippen LogP contribution in [0.4, 0.5) is 0 Å². The van der Waals surface area contributed by atoms with Crippen molar-refractivity contribution in [1.82, 2.24) is 15.2 Å². The molecule has 2 aromatic heterocycles. The van der Waals surface area contributed by atoms with E-state index in [0.29, 0.717) is 10.9 Å². The third-order valence-corrected chi connectivity index (χ3v) is 2.12. The first-order chi connectivity index (χ1) is 6.70. The molecule has 4 heteroatoms. The minimum atomic E-state index is -0.183. The van der Waals surface area contributed by atoms with Crippen molar-refractivity contribution in [3.63, 3.8) is 0 Å². The molecule has 14 heavy (non-hydrogen) atoms. The Labute approximate surface area is 81.0 Å². The van der Waals surface area contributed by atoms with Gasteiger partial charge in [0.15, 0.2) is 0 Å². The Morgan fingerprint density at radius 1 is 1.43 bits per heavy atom. The molecular weight excluding hydrogens is 178 g/mol. The summed E-state index contributed by atoms with van der Waals surface area (Å²) in [6, 6.07) is 3.51. The maximum atomic E-state index is 11.4. The van der Waals surface area contributed by atoms with E-state index in [2.05, 4.69) is 15.2 Å². The summed E-state index contributed by atoms with van der Waals surface area (Å²) in [6.45, 7) is 4.05. The first-order valence-electron chi connectivity index (χ1n) is 4.53. The first-order valence-corrected chi connectivity index (χ1v) is 4.53. The lowest BCUT2D eigenvalue weighted by atomic mass is 10.1. The van der Waals surface area contributed by atoms with Gasteiger partial charge in [-0.2, -0.15) is 5.10 Å². The van der Waals surface area contributed by atoms with Gasteiger partial charge in [-0.1, -0.05) is 13.8 Å². The smallest absolute Gasteiger partial charge is 0.267 e. The van der Waals surface area contributed by atoms with Gasteiger partial charge in [-0.05, 0) is 18.1 Å². The van der Waals surface area contributed by atoms with Crippen LogP contribution in [0.25, 0.3) is 10.9 Å². The van der Waals surface area contributed by atoms with Gasteiger partial charge in [-0.3, -0.25) is 9.78 Å². The highest BCUT2D eigenvalue weighted by Crippen LogP contribution is 2.17. The highest BCUT2D eigenvalue weighted by Gasteiger charge is 2.09. The van der Waals surface area contributed by atoms with Crippen LogP contribution in [0.1, 0.15) is 25.5 Å². The van der Waals surface area contributed by atoms with Crippen LogP contribution in [0, 0.1) is 0 Å². The lowest BCUT2D eigenvalue weighted by molar-refractivity contribution is 0.788. The molecule has 4 nitrogen and oxygen atoms in total. The van der Waals surface area contributed by atoms with Gasteiger partial charge >= 0.3 is 0 Å². The minimum Gasteiger partial charge on any atom is -0.267 e. The van der Waals surface area contributed by atoms with Crippen molar-refractivity contribution >= 4 is 10.9 Å². The van der Waals surface area contributed by atoms with Crippen LogP contribution in [-0.2, 0) is 0 Å². The third kappa shape index (κ3) is 1.28. The summed E-state index contributed by atoms with van der Waals surface area (Å²) < 4.78 is 0. The third-order valence-electron chi connectivity index (χ3n) is 2.12. The number of nitrogens with one attached hydrogen (secondary N) is 1. The molecule has 0 aliphatic rings. The number of aromatic nitrogens is 3. The molecule has 2 aromatic rings. The average molecular weight is 189 g/mol. The zero-order valence-corrected chi connectivity index (χ0v) is 8.11. The fraction of sp³-hybridized carbons (Fsp3) is 0.300. The van der Waals surface area contributed by atoms with Crippen molar-refractivity contribution < 1.29 is 0 Å². The number of aromatic amines is 1. The Balaban J connectivity index is 2.89. The van der Waals surface area contributed by atoms with Crippen LogP contribution >= 0.6 is 0 Å². The molecule has 0 aliphatic carbocycles. The Kier molecular flexibility index (Phi) is 2.04. The molecule has 0 amide bonds. The van der Waals surface area contributed by atoms with Crippen molar-refractivity contribution in [3.05, 3.63) is 34.4 Å². The summed E-state index contributed by atoms with van der Waals surface area (Å²) in [5.74, 6) is 0.254. The predicted octanol–water partition coefficient (Wildman–Crippen LogP) is 1.44. The van der Waals surface area contributed by atoms with Crippen LogP contribution in [0.5, 0.6) is 0 Å². The van der Waals surface area contributed by atoms with Crippen molar-refractivity contribution in [1.29, 1.82) is 0 Å². The van der Waals surface area contributed by atoms with E-state index in [1.807, 2.05) is 13.8 Å². The molecule has 0 fully saturated rings. The molecule has 0 saturated heterocycles. The van der Waals surface area contributed by atoms with E-state index in [1.165, 1.54) is 0 Å². The van der Waals surface area contributed by atoms with Crippen LogP contribution < -0.4 is 5.56 Å². The summed E-state index contributed by atoms with van der Waals surface area (Å²) in [7, 11) is 0. The van der Waals surface area contributed by atoms with Crippen molar-refractivity contribution in [2.75, 3.05) is 0 Å². The SMILES string of the molecule is CC(C)c1n[nH]c(=O)c2cccnc12. The first kappa shape index (κ1) is 8.87. The second kappa shape index (κ2) is 3.21. The topological polar surface area (TPSA) is 58.6 Å². The van der Waals surface area contributed by atoms with Crippen molar-refractivity contribution in [2.45, 2.75) is 19.8 Å². The van der Waals surface area contributed by atoms with Crippen molar-refractivity contribution in [2.24, 2.45) is 0 Å². The van der Waals surface area contributed by atoms with Gasteiger partial charge in [0, 0.05) is 6.20 Å². The summed E-state index contributed by atoms with van der Waals surface area (Å²) in [5, 5.41) is 7.09. The summed E-state index contributed by atoms with van der Waals surface area (Å²) in [4.78, 5) is 15.6. The molecule has 0 aromatic carbocycles. The highest BCUT2D eigenvalue weighted by molar-refractivity contribution is 5.79. The number of pyridine rings is 1. The summed E-state index contributed by atoms with van der Waals surface area (Å²) in [6.07, 6.45) is 1.68. The van der Waals surface area contributed by atoms with E-state index in [4.69, 9.17) is 0 Å². The van der Waals surface area contributed by atoms with Crippen LogP contribution in [0.15, 0.2) is 23.1 Å². The van der Waals surface area contributed by atoms with E-state index >= 15 is 0 Å². The van der Waals surface area contributed by atoms with Gasteiger partial charge in [0.2, 0.25) is 0 Å². The largest absolute Gasteiger partial charge is 0.273 e. The quantitative estimate of drug-likeness (QED) is 0.738. The van der Waals surface area contributed by atoms with Gasteiger partial charge in [0.1, 0.15) is 0 Å². The molecule has 0 bridgehead atoms. The number of H-pyrrole nitrogens is 1. The lowest BCUT2D eigenvalue weighted by Gasteiger charge is -2.05. The Morgan fingerprint density at radius 2 is 2.21 bits per heavy atom. The zero-order chi connectivity index (χ0) is 10.1. The molecule has 0 unspecified atom stereocenters. The number of rotatable bonds is 1. The van der Waals surface area contributed by atoms with Crippen molar-refractivity contribution in [3.8, 4) is 0 Å². The summed E-state index contributed by atoms with van der Waals surface area (Å²) in [5.41, 5.74) is 1.35. The normalized spacial score (nSPS) is 11.1. The number of fused-ring (bicyclic) bond motifs is 1. The molecule has 2 rings (SSSR count). The molecule has 0 aliphatic heterocycles. The number of hydrogen-bond acceptors (Lipinski definition) is 3. The highest BCUT2D eigenvalue weighted by atomic mass is 16.1. The fourth-order valence-corrected chi connectivity index (χ4v) is 1.42. The lowest BCUT2D eigenvalue weighted by Crippen LogP contribution is -2.12. The zero-order valence-electron chi connectivity index (χ0n) is 8.11. The van der Waals surface area contributed by atoms with Crippen LogP contribution in [0.3, 0.4) is 0 Å². The second-order valence-electron chi connectivity index (χ2n) is 3.49. The van der Waals surface area contributed by atoms with Gasteiger partial charge in [0.05, 0.1) is 16.6 Å². The number of nitrogens with zero attached hydrogens (tertiary/aromatic N) is 2. The molecule has 2 heterocycles. The average Bonchev–Trinajstić information content (AvgIpc) is 2.18. The molecule has 0 radical (unpaired) electrons. The van der Waals surface area contributed by atoms with Gasteiger partial charge in [0.25, 0.3) is 5.56 Å².